The molecule has 0 aromatic carbocycles. The number of carbonyl (C=O) groups is 1. The SMILES string of the molecule is Cc1cc(-c2csc(CC(N)=O)n2)c(C)n1CCC1=CCCCC1.Cl. The number of aromatic nitrogens is 2. The van der Waals surface area contributed by atoms with E-state index in [4.69, 9.17) is 5.73 Å². The highest BCUT2D eigenvalue weighted by atomic mass is 35.5. The lowest BCUT2D eigenvalue weighted by Gasteiger charge is -2.15. The molecule has 6 heteroatoms. The van der Waals surface area contributed by atoms with Gasteiger partial charge in [-0.05, 0) is 52.0 Å². The molecule has 0 bridgehead atoms. The van der Waals surface area contributed by atoms with Gasteiger partial charge in [-0.1, -0.05) is 11.6 Å². The van der Waals surface area contributed by atoms with Gasteiger partial charge >= 0.3 is 0 Å². The van der Waals surface area contributed by atoms with E-state index in [2.05, 4.69) is 35.5 Å². The van der Waals surface area contributed by atoms with Crippen molar-refractivity contribution in [2.24, 2.45) is 5.73 Å². The van der Waals surface area contributed by atoms with Crippen LogP contribution in [0.25, 0.3) is 11.3 Å². The molecule has 136 valence electrons. The zero-order valence-electron chi connectivity index (χ0n) is 14.9. The van der Waals surface area contributed by atoms with Crippen LogP contribution in [0.5, 0.6) is 0 Å². The van der Waals surface area contributed by atoms with Gasteiger partial charge in [0, 0.05) is 28.9 Å². The summed E-state index contributed by atoms with van der Waals surface area (Å²) in [5.74, 6) is -0.331. The Kier molecular flexibility index (Phi) is 6.85. The average molecular weight is 380 g/mol. The first-order valence-corrected chi connectivity index (χ1v) is 9.50. The Bertz CT molecular complexity index is 776. The van der Waals surface area contributed by atoms with Gasteiger partial charge in [0.2, 0.25) is 5.91 Å². The Hall–Kier alpha value is -1.59. The topological polar surface area (TPSA) is 60.9 Å². The van der Waals surface area contributed by atoms with Crippen LogP contribution in [0.1, 0.15) is 48.5 Å². The van der Waals surface area contributed by atoms with Crippen molar-refractivity contribution in [1.82, 2.24) is 9.55 Å². The van der Waals surface area contributed by atoms with Gasteiger partial charge in [0.1, 0.15) is 5.01 Å². The molecule has 1 amide bonds. The molecule has 0 radical (unpaired) electrons. The summed E-state index contributed by atoms with van der Waals surface area (Å²) < 4.78 is 2.39. The Morgan fingerprint density at radius 3 is 2.84 bits per heavy atom. The maximum atomic E-state index is 11.1. The minimum Gasteiger partial charge on any atom is -0.369 e. The molecule has 4 nitrogen and oxygen atoms in total. The van der Waals surface area contributed by atoms with E-state index in [0.29, 0.717) is 0 Å². The summed E-state index contributed by atoms with van der Waals surface area (Å²) in [6.45, 7) is 5.34. The van der Waals surface area contributed by atoms with Gasteiger partial charge in [0.05, 0.1) is 12.1 Å². The minimum atomic E-state index is -0.331. The quantitative estimate of drug-likeness (QED) is 0.747. The summed E-state index contributed by atoms with van der Waals surface area (Å²) in [5, 5.41) is 2.81. The summed E-state index contributed by atoms with van der Waals surface area (Å²) in [4.78, 5) is 15.6. The molecule has 3 rings (SSSR count). The molecule has 1 aliphatic carbocycles. The van der Waals surface area contributed by atoms with Gasteiger partial charge in [-0.2, -0.15) is 0 Å². The van der Waals surface area contributed by atoms with Crippen LogP contribution >= 0.6 is 23.7 Å². The third-order valence-corrected chi connectivity index (χ3v) is 5.62. The van der Waals surface area contributed by atoms with Gasteiger partial charge in [-0.25, -0.2) is 4.98 Å². The van der Waals surface area contributed by atoms with E-state index in [1.807, 2.05) is 5.38 Å². The molecule has 2 heterocycles. The Balaban J connectivity index is 0.00000225. The Labute approximate surface area is 159 Å². The van der Waals surface area contributed by atoms with Gasteiger partial charge in [-0.15, -0.1) is 23.7 Å². The van der Waals surface area contributed by atoms with Crippen LogP contribution in [0.3, 0.4) is 0 Å². The molecule has 0 unspecified atom stereocenters. The fraction of sp³-hybridized carbons (Fsp3) is 0.474. The lowest BCUT2D eigenvalue weighted by atomic mass is 9.97. The molecule has 0 aliphatic heterocycles. The summed E-state index contributed by atoms with van der Waals surface area (Å²) in [6.07, 6.45) is 8.96. The summed E-state index contributed by atoms with van der Waals surface area (Å²) in [5.41, 5.74) is 11.5. The predicted molar refractivity (Wildman–Crippen MR) is 106 cm³/mol. The number of hydrogen-bond donors (Lipinski definition) is 1. The second kappa shape index (κ2) is 8.68. The number of primary amides is 1. The van der Waals surface area contributed by atoms with Crippen molar-refractivity contribution in [3.05, 3.63) is 39.5 Å². The lowest BCUT2D eigenvalue weighted by Crippen LogP contribution is -2.13. The standard InChI is InChI=1S/C19H25N3OS.ClH/c1-13-10-16(17-12-24-19(21-17)11-18(20)23)14(2)22(13)9-8-15-6-4-3-5-7-15;/h6,10,12H,3-5,7-9,11H2,1-2H3,(H2,20,23);1H. The van der Waals surface area contributed by atoms with Crippen LogP contribution in [0, 0.1) is 13.8 Å². The normalized spacial score (nSPS) is 14.1. The van der Waals surface area contributed by atoms with Crippen molar-refractivity contribution in [1.29, 1.82) is 0 Å². The van der Waals surface area contributed by atoms with Crippen LogP contribution in [0.15, 0.2) is 23.1 Å². The minimum absolute atomic E-state index is 0. The number of hydrogen-bond acceptors (Lipinski definition) is 3. The van der Waals surface area contributed by atoms with Crippen molar-refractivity contribution in [3.8, 4) is 11.3 Å². The molecule has 0 saturated carbocycles. The number of rotatable bonds is 6. The van der Waals surface area contributed by atoms with Crippen LogP contribution < -0.4 is 5.73 Å². The first kappa shape index (κ1) is 19.7. The highest BCUT2D eigenvalue weighted by Crippen LogP contribution is 2.29. The number of allylic oxidation sites excluding steroid dienone is 2. The predicted octanol–water partition coefficient (Wildman–Crippen LogP) is 4.57. The number of aryl methyl sites for hydroxylation is 1. The first-order valence-electron chi connectivity index (χ1n) is 8.62. The number of nitrogens with two attached hydrogens (primary N) is 1. The van der Waals surface area contributed by atoms with E-state index in [9.17, 15) is 4.79 Å². The molecular weight excluding hydrogens is 354 g/mol. The molecule has 2 aromatic heterocycles. The van der Waals surface area contributed by atoms with Crippen LogP contribution in [-0.4, -0.2) is 15.5 Å². The molecular formula is C19H26ClN3OS. The number of halogens is 1. The monoisotopic (exact) mass is 379 g/mol. The largest absolute Gasteiger partial charge is 0.369 e. The van der Waals surface area contributed by atoms with Crippen LogP contribution in [0.2, 0.25) is 0 Å². The van der Waals surface area contributed by atoms with E-state index >= 15 is 0 Å². The highest BCUT2D eigenvalue weighted by Gasteiger charge is 2.15. The van der Waals surface area contributed by atoms with E-state index in [1.54, 1.807) is 5.57 Å². The zero-order valence-corrected chi connectivity index (χ0v) is 16.5. The van der Waals surface area contributed by atoms with Gasteiger partial charge in [0.15, 0.2) is 0 Å². The number of amides is 1. The molecule has 2 aromatic rings. The molecule has 0 atom stereocenters. The third kappa shape index (κ3) is 4.73. The van der Waals surface area contributed by atoms with Crippen molar-refractivity contribution in [2.75, 3.05) is 0 Å². The van der Waals surface area contributed by atoms with E-state index < -0.39 is 0 Å². The van der Waals surface area contributed by atoms with E-state index in [0.717, 1.165) is 29.2 Å². The van der Waals surface area contributed by atoms with Crippen LogP contribution in [-0.2, 0) is 17.8 Å². The Morgan fingerprint density at radius 2 is 2.16 bits per heavy atom. The van der Waals surface area contributed by atoms with Crippen molar-refractivity contribution in [2.45, 2.75) is 58.9 Å². The average Bonchev–Trinajstić information content (AvgIpc) is 3.11. The summed E-state index contributed by atoms with van der Waals surface area (Å²) in [7, 11) is 0. The Morgan fingerprint density at radius 1 is 1.36 bits per heavy atom. The van der Waals surface area contributed by atoms with Crippen molar-refractivity contribution in [3.63, 3.8) is 0 Å². The fourth-order valence-electron chi connectivity index (χ4n) is 3.46. The van der Waals surface area contributed by atoms with Gasteiger partial charge < -0.3 is 10.3 Å². The van der Waals surface area contributed by atoms with Crippen LogP contribution in [0.4, 0.5) is 0 Å². The zero-order chi connectivity index (χ0) is 17.1. The second-order valence-electron chi connectivity index (χ2n) is 6.56. The van der Waals surface area contributed by atoms with Gasteiger partial charge in [-0.3, -0.25) is 4.79 Å². The molecule has 0 saturated heterocycles. The summed E-state index contributed by atoms with van der Waals surface area (Å²) >= 11 is 1.50. The van der Waals surface area contributed by atoms with E-state index in [-0.39, 0.29) is 24.7 Å². The number of nitrogens with zero attached hydrogens (tertiary/aromatic N) is 2. The third-order valence-electron chi connectivity index (χ3n) is 4.77. The maximum absolute atomic E-state index is 11.1. The second-order valence-corrected chi connectivity index (χ2v) is 7.51. The maximum Gasteiger partial charge on any atom is 0.224 e. The van der Waals surface area contributed by atoms with E-state index in [1.165, 1.54) is 48.4 Å². The number of thiazole rings is 1. The number of carbonyl (C=O) groups excluding carboxylic acids is 1. The molecule has 25 heavy (non-hydrogen) atoms. The first-order chi connectivity index (χ1) is 11.5. The highest BCUT2D eigenvalue weighted by molar-refractivity contribution is 7.10. The molecule has 1 aliphatic rings. The molecule has 0 spiro atoms. The van der Waals surface area contributed by atoms with Crippen molar-refractivity contribution >= 4 is 29.7 Å². The lowest BCUT2D eigenvalue weighted by molar-refractivity contribution is -0.117. The molecule has 2 N–H and O–H groups in total. The van der Waals surface area contributed by atoms with Gasteiger partial charge in [0.25, 0.3) is 0 Å². The van der Waals surface area contributed by atoms with Crippen molar-refractivity contribution < 1.29 is 4.79 Å². The fourth-order valence-corrected chi connectivity index (χ4v) is 4.26. The molecule has 0 fully saturated rings. The smallest absolute Gasteiger partial charge is 0.224 e. The summed E-state index contributed by atoms with van der Waals surface area (Å²) in [6, 6.07) is 2.20.